The first-order valence-corrected chi connectivity index (χ1v) is 12.4. The molecule has 0 radical (unpaired) electrons. The number of aromatic nitrogens is 3. The summed E-state index contributed by atoms with van der Waals surface area (Å²) in [5.41, 5.74) is 2.44. The number of nitrogens with zero attached hydrogens (tertiary/aromatic N) is 3. The minimum Gasteiger partial charge on any atom is -0.385 e. The molecule has 0 atom stereocenters. The van der Waals surface area contributed by atoms with E-state index in [2.05, 4.69) is 20.6 Å². The summed E-state index contributed by atoms with van der Waals surface area (Å²) in [6.45, 7) is 2.43. The maximum Gasteiger partial charge on any atom is 0.416 e. The molecule has 5 aromatic rings. The first-order chi connectivity index (χ1) is 19.2. The highest BCUT2D eigenvalue weighted by molar-refractivity contribution is 6.04. The van der Waals surface area contributed by atoms with Gasteiger partial charge in [0.25, 0.3) is 11.5 Å². The van der Waals surface area contributed by atoms with Crippen LogP contribution in [0.1, 0.15) is 27.2 Å². The number of nitrogens with one attached hydrogen (secondary N) is 2. The number of fused-ring (bicyclic) bond motifs is 1. The summed E-state index contributed by atoms with van der Waals surface area (Å²) >= 11 is 0. The molecule has 7 nitrogen and oxygen atoms in total. The Morgan fingerprint density at radius 1 is 0.925 bits per heavy atom. The number of carbonyl (C=O) groups is 1. The van der Waals surface area contributed by atoms with E-state index in [0.29, 0.717) is 35.2 Å². The summed E-state index contributed by atoms with van der Waals surface area (Å²) in [6, 6.07) is 20.2. The molecule has 0 saturated heterocycles. The third-order valence-corrected chi connectivity index (χ3v) is 6.37. The molecule has 10 heteroatoms. The number of hydrogen-bond acceptors (Lipinski definition) is 5. The van der Waals surface area contributed by atoms with Crippen LogP contribution in [-0.4, -0.2) is 27.0 Å². The van der Waals surface area contributed by atoms with Crippen molar-refractivity contribution in [1.82, 2.24) is 14.5 Å². The standard InChI is InChI=1S/C30H24F3N5O2/c1-19-8-9-24(37-28(39)20-5-4-6-21(15-20)30(31,32)33)17-27(19)38-18-36-26-11-10-23(16-25(26)29(38)40)35-14-12-22-7-2-3-13-34-22/h2-11,13,15-18,35H,12,14H2,1H3,(H,37,39). The lowest BCUT2D eigenvalue weighted by molar-refractivity contribution is -0.137. The highest BCUT2D eigenvalue weighted by Crippen LogP contribution is 2.30. The molecule has 0 spiro atoms. The van der Waals surface area contributed by atoms with Crippen LogP contribution in [0.15, 0.2) is 96.2 Å². The van der Waals surface area contributed by atoms with E-state index in [-0.39, 0.29) is 11.1 Å². The van der Waals surface area contributed by atoms with Gasteiger partial charge in [0.2, 0.25) is 0 Å². The van der Waals surface area contributed by atoms with Crippen LogP contribution in [0, 0.1) is 6.92 Å². The van der Waals surface area contributed by atoms with Gasteiger partial charge in [-0.3, -0.25) is 19.1 Å². The molecule has 0 bridgehead atoms. The number of aryl methyl sites for hydroxylation is 1. The molecule has 0 fully saturated rings. The van der Waals surface area contributed by atoms with Gasteiger partial charge in [-0.15, -0.1) is 0 Å². The van der Waals surface area contributed by atoms with Crippen molar-refractivity contribution < 1.29 is 18.0 Å². The number of carbonyl (C=O) groups excluding carboxylic acids is 1. The van der Waals surface area contributed by atoms with Gasteiger partial charge in [-0.25, -0.2) is 4.98 Å². The van der Waals surface area contributed by atoms with E-state index < -0.39 is 17.6 Å². The molecule has 202 valence electrons. The second kappa shape index (κ2) is 11.0. The van der Waals surface area contributed by atoms with E-state index in [1.165, 1.54) is 23.0 Å². The van der Waals surface area contributed by atoms with Crippen LogP contribution < -0.4 is 16.2 Å². The van der Waals surface area contributed by atoms with Gasteiger partial charge < -0.3 is 10.6 Å². The smallest absolute Gasteiger partial charge is 0.385 e. The first-order valence-electron chi connectivity index (χ1n) is 12.4. The van der Waals surface area contributed by atoms with Crippen LogP contribution in [0.3, 0.4) is 0 Å². The van der Waals surface area contributed by atoms with Crippen LogP contribution in [0.25, 0.3) is 16.6 Å². The van der Waals surface area contributed by atoms with Crippen LogP contribution in [0.5, 0.6) is 0 Å². The van der Waals surface area contributed by atoms with E-state index in [9.17, 15) is 22.8 Å². The Labute approximate surface area is 227 Å². The monoisotopic (exact) mass is 543 g/mol. The fourth-order valence-corrected chi connectivity index (χ4v) is 4.27. The van der Waals surface area contributed by atoms with Crippen molar-refractivity contribution in [3.05, 3.63) is 124 Å². The van der Waals surface area contributed by atoms with Gasteiger partial charge in [-0.05, 0) is 73.2 Å². The first kappa shape index (κ1) is 26.6. The zero-order chi connectivity index (χ0) is 28.3. The number of amides is 1. The Kier molecular flexibility index (Phi) is 7.33. The van der Waals surface area contributed by atoms with Gasteiger partial charge in [0.1, 0.15) is 6.33 Å². The summed E-state index contributed by atoms with van der Waals surface area (Å²) in [5, 5.41) is 6.33. The Hall–Kier alpha value is -4.99. The minimum atomic E-state index is -4.56. The fraction of sp³-hybridized carbons (Fsp3) is 0.133. The van der Waals surface area contributed by atoms with Crippen LogP contribution in [0.4, 0.5) is 24.5 Å². The van der Waals surface area contributed by atoms with E-state index in [1.54, 1.807) is 43.5 Å². The quantitative estimate of drug-likeness (QED) is 0.262. The lowest BCUT2D eigenvalue weighted by atomic mass is 10.1. The summed E-state index contributed by atoms with van der Waals surface area (Å²) in [4.78, 5) is 35.0. The molecule has 2 N–H and O–H groups in total. The zero-order valence-corrected chi connectivity index (χ0v) is 21.4. The number of alkyl halides is 3. The second-order valence-corrected chi connectivity index (χ2v) is 9.18. The van der Waals surface area contributed by atoms with E-state index in [1.807, 2.05) is 24.3 Å². The summed E-state index contributed by atoms with van der Waals surface area (Å²) in [6.07, 6.45) is -0.687. The number of hydrogen-bond donors (Lipinski definition) is 2. The molecule has 2 aromatic heterocycles. The summed E-state index contributed by atoms with van der Waals surface area (Å²) in [5.74, 6) is -0.702. The van der Waals surface area contributed by atoms with Gasteiger partial charge in [-0.1, -0.05) is 18.2 Å². The molecular formula is C30H24F3N5O2. The predicted octanol–water partition coefficient (Wildman–Crippen LogP) is 6.01. The van der Waals surface area contributed by atoms with Crippen molar-refractivity contribution in [2.45, 2.75) is 19.5 Å². The number of anilines is 2. The highest BCUT2D eigenvalue weighted by Gasteiger charge is 2.30. The van der Waals surface area contributed by atoms with Crippen molar-refractivity contribution in [2.24, 2.45) is 0 Å². The lowest BCUT2D eigenvalue weighted by Gasteiger charge is -2.14. The lowest BCUT2D eigenvalue weighted by Crippen LogP contribution is -2.20. The third-order valence-electron chi connectivity index (χ3n) is 6.37. The molecule has 0 aliphatic rings. The van der Waals surface area contributed by atoms with Crippen molar-refractivity contribution in [3.63, 3.8) is 0 Å². The Morgan fingerprint density at radius 2 is 1.75 bits per heavy atom. The van der Waals surface area contributed by atoms with Crippen LogP contribution >= 0.6 is 0 Å². The molecule has 5 rings (SSSR count). The average molecular weight is 544 g/mol. The number of rotatable bonds is 7. The van der Waals surface area contributed by atoms with Crippen molar-refractivity contribution in [3.8, 4) is 5.69 Å². The van der Waals surface area contributed by atoms with Crippen LogP contribution in [-0.2, 0) is 12.6 Å². The van der Waals surface area contributed by atoms with Gasteiger partial charge >= 0.3 is 6.18 Å². The number of halogens is 3. The molecular weight excluding hydrogens is 519 g/mol. The molecule has 0 aliphatic carbocycles. The Balaban J connectivity index is 1.39. The van der Waals surface area contributed by atoms with Gasteiger partial charge in [0, 0.05) is 41.8 Å². The normalized spacial score (nSPS) is 11.4. The van der Waals surface area contributed by atoms with Crippen LogP contribution in [0.2, 0.25) is 0 Å². The van der Waals surface area contributed by atoms with Gasteiger partial charge in [-0.2, -0.15) is 13.2 Å². The largest absolute Gasteiger partial charge is 0.416 e. The number of pyridine rings is 1. The fourth-order valence-electron chi connectivity index (χ4n) is 4.27. The van der Waals surface area contributed by atoms with Crippen molar-refractivity contribution in [2.75, 3.05) is 17.2 Å². The second-order valence-electron chi connectivity index (χ2n) is 9.18. The third kappa shape index (κ3) is 5.85. The highest BCUT2D eigenvalue weighted by atomic mass is 19.4. The SMILES string of the molecule is Cc1ccc(NC(=O)c2cccc(C(F)(F)F)c2)cc1-n1cnc2ccc(NCCc3ccccn3)cc2c1=O. The Bertz CT molecular complexity index is 1750. The predicted molar refractivity (Wildman–Crippen MR) is 148 cm³/mol. The number of benzene rings is 3. The maximum atomic E-state index is 13.5. The van der Waals surface area contributed by atoms with Crippen molar-refractivity contribution >= 4 is 28.2 Å². The molecule has 3 aromatic carbocycles. The summed E-state index contributed by atoms with van der Waals surface area (Å²) in [7, 11) is 0. The molecule has 0 aliphatic heterocycles. The van der Waals surface area contributed by atoms with E-state index in [4.69, 9.17) is 0 Å². The molecule has 1 amide bonds. The van der Waals surface area contributed by atoms with E-state index >= 15 is 0 Å². The molecule has 2 heterocycles. The summed E-state index contributed by atoms with van der Waals surface area (Å²) < 4.78 is 40.6. The van der Waals surface area contributed by atoms with E-state index in [0.717, 1.165) is 29.1 Å². The maximum absolute atomic E-state index is 13.5. The van der Waals surface area contributed by atoms with Gasteiger partial charge in [0.05, 0.1) is 22.2 Å². The molecule has 0 saturated carbocycles. The topological polar surface area (TPSA) is 88.9 Å². The minimum absolute atomic E-state index is 0.135. The average Bonchev–Trinajstić information content (AvgIpc) is 2.95. The molecule has 40 heavy (non-hydrogen) atoms. The van der Waals surface area contributed by atoms with Crippen molar-refractivity contribution in [1.29, 1.82) is 0 Å². The molecule has 0 unspecified atom stereocenters. The Morgan fingerprint density at radius 3 is 2.52 bits per heavy atom. The van der Waals surface area contributed by atoms with Gasteiger partial charge in [0.15, 0.2) is 0 Å². The zero-order valence-electron chi connectivity index (χ0n) is 21.4.